The molecule has 0 radical (unpaired) electrons. The first-order valence-electron chi connectivity index (χ1n) is 7.67. The smallest absolute Gasteiger partial charge is 0.209 e. The zero-order valence-electron chi connectivity index (χ0n) is 13.2. The van der Waals surface area contributed by atoms with Crippen molar-refractivity contribution >= 4 is 15.7 Å². The second kappa shape index (κ2) is 6.75. The summed E-state index contributed by atoms with van der Waals surface area (Å²) in [6.07, 6.45) is 7.75. The van der Waals surface area contributed by atoms with E-state index in [0.717, 1.165) is 37.0 Å². The predicted octanol–water partition coefficient (Wildman–Crippen LogP) is 2.15. The monoisotopic (exact) mass is 324 g/mol. The van der Waals surface area contributed by atoms with Crippen molar-refractivity contribution in [2.45, 2.75) is 46.0 Å². The van der Waals surface area contributed by atoms with Gasteiger partial charge < -0.3 is 0 Å². The van der Waals surface area contributed by atoms with E-state index in [2.05, 4.69) is 23.9 Å². The predicted molar refractivity (Wildman–Crippen MR) is 86.9 cm³/mol. The number of rotatable bonds is 8. The molecule has 2 rings (SSSR count). The number of primary sulfonamides is 1. The lowest BCUT2D eigenvalue weighted by atomic mass is 9.75. The van der Waals surface area contributed by atoms with Gasteiger partial charge in [-0.2, -0.15) is 5.10 Å². The van der Waals surface area contributed by atoms with Crippen LogP contribution in [-0.2, 0) is 16.4 Å². The van der Waals surface area contributed by atoms with Crippen LogP contribution in [0.2, 0.25) is 0 Å². The van der Waals surface area contributed by atoms with Gasteiger partial charge in [-0.25, -0.2) is 23.1 Å². The highest BCUT2D eigenvalue weighted by atomic mass is 32.2. The average molecular weight is 324 g/mol. The van der Waals surface area contributed by atoms with Gasteiger partial charge in [-0.3, -0.25) is 0 Å². The number of nitrogens with two attached hydrogens (primary N) is 1. The molecule has 0 aromatic carbocycles. The first-order chi connectivity index (χ1) is 10.4. The molecule has 7 heteroatoms. The normalized spacial score (nSPS) is 12.9. The van der Waals surface area contributed by atoms with Crippen LogP contribution < -0.4 is 5.14 Å². The summed E-state index contributed by atoms with van der Waals surface area (Å²) < 4.78 is 24.3. The highest BCUT2D eigenvalue weighted by Gasteiger charge is 2.27. The number of sulfonamides is 1. The van der Waals surface area contributed by atoms with Crippen molar-refractivity contribution in [2.24, 2.45) is 10.6 Å². The van der Waals surface area contributed by atoms with Crippen molar-refractivity contribution in [3.63, 3.8) is 0 Å². The van der Waals surface area contributed by atoms with Crippen LogP contribution in [0.15, 0.2) is 24.5 Å². The van der Waals surface area contributed by atoms with Crippen molar-refractivity contribution in [2.75, 3.05) is 5.75 Å². The fourth-order valence-electron chi connectivity index (χ4n) is 2.82. The van der Waals surface area contributed by atoms with Crippen LogP contribution in [0.25, 0.3) is 5.65 Å². The number of fused-ring (bicyclic) bond motifs is 1. The summed E-state index contributed by atoms with van der Waals surface area (Å²) >= 11 is 0. The van der Waals surface area contributed by atoms with Crippen LogP contribution >= 0.6 is 0 Å². The van der Waals surface area contributed by atoms with Crippen molar-refractivity contribution < 1.29 is 8.42 Å². The van der Waals surface area contributed by atoms with Crippen molar-refractivity contribution in [1.82, 2.24) is 14.6 Å². The molecule has 0 aliphatic heterocycles. The molecule has 122 valence electrons. The van der Waals surface area contributed by atoms with Crippen LogP contribution in [0.3, 0.4) is 0 Å². The fourth-order valence-corrected chi connectivity index (χ4v) is 3.54. The Bertz CT molecular complexity index is 720. The molecule has 2 aromatic rings. The molecule has 0 amide bonds. The molecule has 2 aromatic heterocycles. The number of aromatic nitrogens is 3. The molecule has 0 saturated heterocycles. The summed E-state index contributed by atoms with van der Waals surface area (Å²) in [7, 11) is -3.41. The first-order valence-corrected chi connectivity index (χ1v) is 9.39. The van der Waals surface area contributed by atoms with E-state index in [0.29, 0.717) is 6.42 Å². The topological polar surface area (TPSA) is 90.3 Å². The number of nitrogens with zero attached hydrogens (tertiary/aromatic N) is 3. The van der Waals surface area contributed by atoms with Crippen molar-refractivity contribution in [3.05, 3.63) is 30.2 Å². The number of aryl methyl sites for hydroxylation is 1. The van der Waals surface area contributed by atoms with Gasteiger partial charge in [0, 0.05) is 12.4 Å². The molecule has 2 N–H and O–H groups in total. The summed E-state index contributed by atoms with van der Waals surface area (Å²) in [5, 5.41) is 9.69. The van der Waals surface area contributed by atoms with Gasteiger partial charge in [0.1, 0.15) is 0 Å². The van der Waals surface area contributed by atoms with E-state index in [1.54, 1.807) is 10.7 Å². The molecule has 0 aliphatic rings. The Labute approximate surface area is 131 Å². The van der Waals surface area contributed by atoms with Gasteiger partial charge in [-0.05, 0) is 36.8 Å². The van der Waals surface area contributed by atoms with Crippen molar-refractivity contribution in [1.29, 1.82) is 0 Å². The molecule has 0 fully saturated rings. The molecular formula is C15H24N4O2S. The Hall–Kier alpha value is -1.47. The maximum atomic E-state index is 11.3. The third-order valence-electron chi connectivity index (χ3n) is 4.64. The second-order valence-electron chi connectivity index (χ2n) is 5.88. The molecule has 0 unspecified atom stereocenters. The molecule has 2 heterocycles. The standard InChI is InChI=1S/C15H24N4O2S/c1-3-15(4-2,9-12-22(16,20)21)8-7-13-5-6-14-17-10-11-19(14)18-13/h5-6,10-11H,3-4,7-9,12H2,1-2H3,(H2,16,20,21). The Kier molecular flexibility index (Phi) is 5.18. The minimum absolute atomic E-state index is 0.00197. The SMILES string of the molecule is CCC(CC)(CCc1ccc2nccn2n1)CCS(N)(=O)=O. The Morgan fingerprint density at radius 3 is 2.59 bits per heavy atom. The molecule has 22 heavy (non-hydrogen) atoms. The van der Waals surface area contributed by atoms with Crippen LogP contribution in [0.1, 0.15) is 45.2 Å². The zero-order chi connectivity index (χ0) is 16.2. The van der Waals surface area contributed by atoms with E-state index in [1.807, 2.05) is 18.3 Å². The third-order valence-corrected chi connectivity index (χ3v) is 5.41. The Morgan fingerprint density at radius 1 is 1.23 bits per heavy atom. The van der Waals surface area contributed by atoms with E-state index in [9.17, 15) is 8.42 Å². The zero-order valence-corrected chi connectivity index (χ0v) is 14.0. The third kappa shape index (κ3) is 4.27. The number of hydrogen-bond acceptors (Lipinski definition) is 4. The fraction of sp³-hybridized carbons (Fsp3) is 0.600. The van der Waals surface area contributed by atoms with E-state index in [-0.39, 0.29) is 11.2 Å². The van der Waals surface area contributed by atoms with Gasteiger partial charge in [0.25, 0.3) is 0 Å². The van der Waals surface area contributed by atoms with Crippen LogP contribution in [0, 0.1) is 5.41 Å². The average Bonchev–Trinajstić information content (AvgIpc) is 2.95. The van der Waals surface area contributed by atoms with Gasteiger partial charge in [-0.1, -0.05) is 26.7 Å². The van der Waals surface area contributed by atoms with E-state index in [1.165, 1.54) is 0 Å². The van der Waals surface area contributed by atoms with Gasteiger partial charge >= 0.3 is 0 Å². The van der Waals surface area contributed by atoms with Crippen LogP contribution in [0.4, 0.5) is 0 Å². The number of hydrogen-bond donors (Lipinski definition) is 1. The maximum absolute atomic E-state index is 11.3. The van der Waals surface area contributed by atoms with E-state index in [4.69, 9.17) is 5.14 Å². The molecular weight excluding hydrogens is 300 g/mol. The molecule has 6 nitrogen and oxygen atoms in total. The van der Waals surface area contributed by atoms with Gasteiger partial charge in [0.15, 0.2) is 5.65 Å². The van der Waals surface area contributed by atoms with Crippen LogP contribution in [0.5, 0.6) is 0 Å². The number of imidazole rings is 1. The van der Waals surface area contributed by atoms with Crippen LogP contribution in [-0.4, -0.2) is 28.8 Å². The molecule has 0 saturated carbocycles. The highest BCUT2D eigenvalue weighted by Crippen LogP contribution is 2.36. The lowest BCUT2D eigenvalue weighted by molar-refractivity contribution is 0.229. The summed E-state index contributed by atoms with van der Waals surface area (Å²) in [5.74, 6) is 0.0443. The molecule has 0 bridgehead atoms. The van der Waals surface area contributed by atoms with Gasteiger partial charge in [-0.15, -0.1) is 0 Å². The summed E-state index contributed by atoms with van der Waals surface area (Å²) in [5.41, 5.74) is 1.82. The summed E-state index contributed by atoms with van der Waals surface area (Å²) in [4.78, 5) is 4.18. The molecule has 0 atom stereocenters. The minimum Gasteiger partial charge on any atom is -0.236 e. The lowest BCUT2D eigenvalue weighted by Gasteiger charge is -2.31. The Balaban J connectivity index is 2.06. The van der Waals surface area contributed by atoms with Crippen molar-refractivity contribution in [3.8, 4) is 0 Å². The van der Waals surface area contributed by atoms with Gasteiger partial charge in [0.05, 0.1) is 11.4 Å². The van der Waals surface area contributed by atoms with Gasteiger partial charge in [0.2, 0.25) is 10.0 Å². The quantitative estimate of drug-likeness (QED) is 0.805. The maximum Gasteiger partial charge on any atom is 0.209 e. The first kappa shape index (κ1) is 16.9. The van der Waals surface area contributed by atoms with E-state index < -0.39 is 10.0 Å². The van der Waals surface area contributed by atoms with E-state index >= 15 is 0 Å². The Morgan fingerprint density at radius 2 is 1.95 bits per heavy atom. The highest BCUT2D eigenvalue weighted by molar-refractivity contribution is 7.89. The second-order valence-corrected chi connectivity index (χ2v) is 7.61. The molecule has 0 aliphatic carbocycles. The largest absolute Gasteiger partial charge is 0.236 e. The minimum atomic E-state index is -3.41. The summed E-state index contributed by atoms with van der Waals surface area (Å²) in [6, 6.07) is 3.93. The molecule has 0 spiro atoms. The summed E-state index contributed by atoms with van der Waals surface area (Å²) in [6.45, 7) is 4.22. The lowest BCUT2D eigenvalue weighted by Crippen LogP contribution is -2.27.